The van der Waals surface area contributed by atoms with Crippen LogP contribution in [0.3, 0.4) is 0 Å². The van der Waals surface area contributed by atoms with Crippen molar-refractivity contribution >= 4 is 0 Å². The minimum absolute atomic E-state index is 0.115. The molecule has 0 saturated heterocycles. The van der Waals surface area contributed by atoms with Crippen LogP contribution < -0.4 is 0 Å². The summed E-state index contributed by atoms with van der Waals surface area (Å²) in [6, 6.07) is 3.30. The summed E-state index contributed by atoms with van der Waals surface area (Å²) in [5.74, 6) is 0.345. The summed E-state index contributed by atoms with van der Waals surface area (Å²) in [4.78, 5) is 9.10. The summed E-state index contributed by atoms with van der Waals surface area (Å²) in [5.41, 5.74) is -0.115. The summed E-state index contributed by atoms with van der Waals surface area (Å²) in [6.07, 6.45) is 12.8. The smallest absolute Gasteiger partial charge is 0.163 e. The third-order valence-corrected chi connectivity index (χ3v) is 10.1. The lowest BCUT2D eigenvalue weighted by Crippen LogP contribution is -2.86. The molecule has 0 aromatic rings. The van der Waals surface area contributed by atoms with Gasteiger partial charge in [-0.05, 0) is 113 Å². The lowest BCUT2D eigenvalue weighted by atomic mass is 9.84. The van der Waals surface area contributed by atoms with E-state index in [1.807, 2.05) is 0 Å². The second-order valence-corrected chi connectivity index (χ2v) is 15.2. The van der Waals surface area contributed by atoms with Crippen LogP contribution in [-0.4, -0.2) is 91.9 Å². The van der Waals surface area contributed by atoms with Gasteiger partial charge in [-0.15, -0.1) is 0 Å². The molecular weight excluding hydrogens is 502 g/mol. The molecule has 2 aliphatic rings. The van der Waals surface area contributed by atoms with Crippen molar-refractivity contribution in [2.75, 3.05) is 19.6 Å². The van der Waals surface area contributed by atoms with Gasteiger partial charge in [0.05, 0.1) is 5.54 Å². The number of hydrogen-bond acceptors (Lipinski definition) is 5. The Kier molecular flexibility index (Phi) is 14.6. The van der Waals surface area contributed by atoms with Gasteiger partial charge in [0.25, 0.3) is 0 Å². The molecule has 0 aliphatic heterocycles. The van der Waals surface area contributed by atoms with Crippen molar-refractivity contribution in [3.05, 3.63) is 0 Å². The molecule has 41 heavy (non-hydrogen) atoms. The van der Waals surface area contributed by atoms with Crippen LogP contribution in [-0.2, 0) is 0 Å². The van der Waals surface area contributed by atoms with Gasteiger partial charge >= 0.3 is 0 Å². The minimum atomic E-state index is -0.231. The zero-order chi connectivity index (χ0) is 31.1. The Labute approximate surface area is 258 Å². The van der Waals surface area contributed by atoms with E-state index in [-0.39, 0.29) is 11.3 Å². The Balaban J connectivity index is 3.12. The SMILES string of the molecule is CCCCN(CCCC)C(N(C1CC1)C1CC1)(N(CC(C)C)N(C(C)CC)C(C)CC)C(C)(C)N(C(C)C)C(C)C. The zero-order valence-electron chi connectivity index (χ0n) is 30.5. The fourth-order valence-electron chi connectivity index (χ4n) is 8.19. The van der Waals surface area contributed by atoms with E-state index in [2.05, 4.69) is 122 Å². The second kappa shape index (κ2) is 16.2. The molecule has 3 atom stereocenters. The van der Waals surface area contributed by atoms with Gasteiger partial charge in [-0.2, -0.15) is 0 Å². The largest absolute Gasteiger partial charge is 0.289 e. The highest BCUT2D eigenvalue weighted by atomic mass is 15.8. The van der Waals surface area contributed by atoms with Crippen molar-refractivity contribution in [3.8, 4) is 0 Å². The molecule has 0 amide bonds. The van der Waals surface area contributed by atoms with E-state index in [1.165, 1.54) is 77.3 Å². The van der Waals surface area contributed by atoms with Gasteiger partial charge in [0.1, 0.15) is 0 Å². The highest BCUT2D eigenvalue weighted by Crippen LogP contribution is 2.52. The van der Waals surface area contributed by atoms with Gasteiger partial charge in [0.2, 0.25) is 0 Å². The first kappa shape index (κ1) is 37.0. The standard InChI is InChI=1S/C36H75N5/c1-15-19-25-37(26-20-16-2)36(40(33-21-22-33)34-23-24-34,35(13,14)39(29(7)8)30(9)10)38(27-28(5)6)41(31(11)17-3)32(12)18-4/h28-34H,15-27H2,1-14H3. The molecule has 0 aromatic heterocycles. The molecule has 5 heteroatoms. The Morgan fingerprint density at radius 1 is 0.659 bits per heavy atom. The van der Waals surface area contributed by atoms with Crippen LogP contribution >= 0.6 is 0 Å². The maximum Gasteiger partial charge on any atom is 0.163 e. The Morgan fingerprint density at radius 3 is 1.37 bits per heavy atom. The molecule has 2 aliphatic carbocycles. The lowest BCUT2D eigenvalue weighted by Gasteiger charge is -2.69. The van der Waals surface area contributed by atoms with E-state index in [0.717, 1.165) is 6.54 Å². The maximum absolute atomic E-state index is 3.15. The first-order valence-electron chi connectivity index (χ1n) is 18.1. The lowest BCUT2D eigenvalue weighted by molar-refractivity contribution is -0.324. The molecule has 244 valence electrons. The molecule has 0 spiro atoms. The quantitative estimate of drug-likeness (QED) is 0.0941. The summed E-state index contributed by atoms with van der Waals surface area (Å²) in [6.45, 7) is 38.0. The van der Waals surface area contributed by atoms with Crippen molar-refractivity contribution in [2.24, 2.45) is 5.92 Å². The molecule has 0 aromatic carbocycles. The molecule has 0 bridgehead atoms. The van der Waals surface area contributed by atoms with E-state index in [1.54, 1.807) is 0 Å². The van der Waals surface area contributed by atoms with Gasteiger partial charge in [0.15, 0.2) is 5.79 Å². The number of unbranched alkanes of at least 4 members (excludes halogenated alkanes) is 2. The molecule has 2 rings (SSSR count). The summed E-state index contributed by atoms with van der Waals surface area (Å²) in [7, 11) is 0. The minimum Gasteiger partial charge on any atom is -0.289 e. The molecule has 3 unspecified atom stereocenters. The zero-order valence-corrected chi connectivity index (χ0v) is 30.5. The Hall–Kier alpha value is -0.200. The van der Waals surface area contributed by atoms with E-state index >= 15 is 0 Å². The number of hydrogen-bond donors (Lipinski definition) is 0. The molecular formula is C36H75N5. The highest BCUT2D eigenvalue weighted by Gasteiger charge is 2.66. The molecule has 5 nitrogen and oxygen atoms in total. The van der Waals surface area contributed by atoms with Crippen molar-refractivity contribution in [2.45, 2.75) is 209 Å². The van der Waals surface area contributed by atoms with E-state index in [9.17, 15) is 0 Å². The highest BCUT2D eigenvalue weighted by molar-refractivity contribution is 5.15. The van der Waals surface area contributed by atoms with Gasteiger partial charge in [-0.3, -0.25) is 14.7 Å². The van der Waals surface area contributed by atoms with Crippen LogP contribution in [0.5, 0.6) is 0 Å². The molecule has 2 saturated carbocycles. The Morgan fingerprint density at radius 2 is 1.07 bits per heavy atom. The summed E-state index contributed by atoms with van der Waals surface area (Å²) >= 11 is 0. The van der Waals surface area contributed by atoms with Crippen molar-refractivity contribution in [1.82, 2.24) is 24.7 Å². The fraction of sp³-hybridized carbons (Fsp3) is 1.00. The first-order chi connectivity index (χ1) is 19.3. The second-order valence-electron chi connectivity index (χ2n) is 15.2. The molecule has 0 heterocycles. The van der Waals surface area contributed by atoms with Crippen LogP contribution in [0.15, 0.2) is 0 Å². The van der Waals surface area contributed by atoms with Gasteiger partial charge in [-0.25, -0.2) is 10.0 Å². The average Bonchev–Trinajstić information content (AvgIpc) is 3.81. The average molecular weight is 578 g/mol. The van der Waals surface area contributed by atoms with Crippen molar-refractivity contribution < 1.29 is 0 Å². The van der Waals surface area contributed by atoms with Crippen LogP contribution in [0.1, 0.15) is 161 Å². The molecule has 2 fully saturated rings. The monoisotopic (exact) mass is 578 g/mol. The van der Waals surface area contributed by atoms with Gasteiger partial charge in [0, 0.05) is 55.9 Å². The summed E-state index contributed by atoms with van der Waals surface area (Å²) in [5, 5.41) is 5.93. The third kappa shape index (κ3) is 8.29. The fourth-order valence-corrected chi connectivity index (χ4v) is 8.19. The Bertz CT molecular complexity index is 689. The van der Waals surface area contributed by atoms with Gasteiger partial charge < -0.3 is 0 Å². The molecule has 0 radical (unpaired) electrons. The van der Waals surface area contributed by atoms with E-state index in [0.29, 0.717) is 42.2 Å². The van der Waals surface area contributed by atoms with Crippen LogP contribution in [0.25, 0.3) is 0 Å². The third-order valence-electron chi connectivity index (χ3n) is 10.1. The molecule has 0 N–H and O–H groups in total. The van der Waals surface area contributed by atoms with Crippen molar-refractivity contribution in [3.63, 3.8) is 0 Å². The predicted molar refractivity (Wildman–Crippen MR) is 181 cm³/mol. The van der Waals surface area contributed by atoms with Crippen LogP contribution in [0.2, 0.25) is 0 Å². The van der Waals surface area contributed by atoms with Crippen LogP contribution in [0.4, 0.5) is 0 Å². The topological polar surface area (TPSA) is 16.2 Å². The summed E-state index contributed by atoms with van der Waals surface area (Å²) < 4.78 is 0. The maximum atomic E-state index is 3.15. The van der Waals surface area contributed by atoms with E-state index < -0.39 is 0 Å². The van der Waals surface area contributed by atoms with E-state index in [4.69, 9.17) is 0 Å². The number of nitrogens with zero attached hydrogens (tertiary/aromatic N) is 5. The number of rotatable bonds is 22. The van der Waals surface area contributed by atoms with Crippen LogP contribution in [0, 0.1) is 5.92 Å². The number of hydrazine groups is 1. The predicted octanol–water partition coefficient (Wildman–Crippen LogP) is 8.84. The normalized spacial score (nSPS) is 20.0. The van der Waals surface area contributed by atoms with Gasteiger partial charge in [-0.1, -0.05) is 54.4 Å². The van der Waals surface area contributed by atoms with Crippen molar-refractivity contribution in [1.29, 1.82) is 0 Å². The first-order valence-corrected chi connectivity index (χ1v) is 18.1.